The van der Waals surface area contributed by atoms with Crippen LogP contribution in [0.25, 0.3) is 17.1 Å². The maximum atomic E-state index is 6.49. The van der Waals surface area contributed by atoms with Crippen molar-refractivity contribution < 1.29 is 4.42 Å². The van der Waals surface area contributed by atoms with Gasteiger partial charge in [0.1, 0.15) is 12.0 Å². The molecular formula is C23H14ClN3O. The molecule has 0 N–H and O–H groups in total. The second kappa shape index (κ2) is 6.56. The molecule has 0 unspecified atom stereocenters. The number of halogens is 1. The Bertz CT molecular complexity index is 1260. The zero-order valence-corrected chi connectivity index (χ0v) is 15.5. The third-order valence-electron chi connectivity index (χ3n) is 4.81. The fourth-order valence-electron chi connectivity index (χ4n) is 3.50. The first-order valence-electron chi connectivity index (χ1n) is 8.77. The van der Waals surface area contributed by atoms with Gasteiger partial charge in [0.05, 0.1) is 29.9 Å². The standard InChI is InChI=1S/C23H14ClN3O/c1-2-15-9-10-19-17(12-15)22(16-6-3-4-7-18(16)24)25-13-20-23(26-14-27(19)20)21-8-5-11-28-21/h1,3-12,14H,13H2. The number of hydrogen-bond acceptors (Lipinski definition) is 3. The van der Waals surface area contributed by atoms with E-state index in [1.807, 2.05) is 59.2 Å². The molecule has 1 aliphatic heterocycles. The molecule has 0 saturated heterocycles. The van der Waals surface area contributed by atoms with Gasteiger partial charge in [-0.05, 0) is 36.4 Å². The average molecular weight is 384 g/mol. The summed E-state index contributed by atoms with van der Waals surface area (Å²) in [6.45, 7) is 0.441. The Morgan fingerprint density at radius 1 is 1.07 bits per heavy atom. The van der Waals surface area contributed by atoms with E-state index in [0.717, 1.165) is 39.5 Å². The Balaban J connectivity index is 1.78. The number of hydrogen-bond donors (Lipinski definition) is 0. The minimum atomic E-state index is 0.441. The summed E-state index contributed by atoms with van der Waals surface area (Å²) in [5.41, 5.74) is 6.08. The number of rotatable bonds is 2. The van der Waals surface area contributed by atoms with E-state index in [2.05, 4.69) is 10.9 Å². The SMILES string of the molecule is C#Cc1ccc2c(c1)C(c1ccccc1Cl)=NCc1c(-c3ccco3)ncn1-2. The highest BCUT2D eigenvalue weighted by atomic mass is 35.5. The number of nitrogens with zero attached hydrogens (tertiary/aromatic N) is 3. The summed E-state index contributed by atoms with van der Waals surface area (Å²) in [7, 11) is 0. The van der Waals surface area contributed by atoms with Crippen molar-refractivity contribution in [3.63, 3.8) is 0 Å². The molecule has 28 heavy (non-hydrogen) atoms. The Hall–Kier alpha value is -3.55. The van der Waals surface area contributed by atoms with Gasteiger partial charge in [-0.1, -0.05) is 35.7 Å². The van der Waals surface area contributed by atoms with Crippen LogP contribution in [0.2, 0.25) is 5.02 Å². The van der Waals surface area contributed by atoms with E-state index in [-0.39, 0.29) is 0 Å². The zero-order chi connectivity index (χ0) is 19.1. The third kappa shape index (κ3) is 2.57. The zero-order valence-electron chi connectivity index (χ0n) is 14.8. The quantitative estimate of drug-likeness (QED) is 0.451. The van der Waals surface area contributed by atoms with Crippen LogP contribution in [-0.2, 0) is 6.54 Å². The number of aliphatic imine (C=N–C) groups is 1. The van der Waals surface area contributed by atoms with Crippen LogP contribution < -0.4 is 0 Å². The number of terminal acetylenes is 1. The minimum Gasteiger partial charge on any atom is -0.463 e. The van der Waals surface area contributed by atoms with Gasteiger partial charge in [-0.15, -0.1) is 6.42 Å². The highest BCUT2D eigenvalue weighted by molar-refractivity contribution is 6.35. The molecule has 0 saturated carbocycles. The second-order valence-corrected chi connectivity index (χ2v) is 6.82. The molecule has 0 bridgehead atoms. The molecule has 2 aromatic heterocycles. The van der Waals surface area contributed by atoms with Gasteiger partial charge in [0.15, 0.2) is 5.76 Å². The molecule has 5 rings (SSSR count). The lowest BCUT2D eigenvalue weighted by Crippen LogP contribution is -2.08. The lowest BCUT2D eigenvalue weighted by Gasteiger charge is -2.13. The van der Waals surface area contributed by atoms with Gasteiger partial charge in [-0.25, -0.2) is 4.98 Å². The van der Waals surface area contributed by atoms with Gasteiger partial charge >= 0.3 is 0 Å². The van der Waals surface area contributed by atoms with Gasteiger partial charge in [-0.2, -0.15) is 0 Å². The molecular weight excluding hydrogens is 370 g/mol. The van der Waals surface area contributed by atoms with Crippen LogP contribution in [0, 0.1) is 12.3 Å². The summed E-state index contributed by atoms with van der Waals surface area (Å²) in [5.74, 6) is 3.42. The van der Waals surface area contributed by atoms with Crippen LogP contribution in [0.1, 0.15) is 22.4 Å². The van der Waals surface area contributed by atoms with Gasteiger partial charge in [0, 0.05) is 21.7 Å². The molecule has 5 heteroatoms. The smallest absolute Gasteiger partial charge is 0.154 e. The van der Waals surface area contributed by atoms with E-state index in [0.29, 0.717) is 17.3 Å². The lowest BCUT2D eigenvalue weighted by atomic mass is 9.98. The van der Waals surface area contributed by atoms with Crippen LogP contribution in [0.15, 0.2) is 76.6 Å². The first kappa shape index (κ1) is 16.6. The van der Waals surface area contributed by atoms with Crippen molar-refractivity contribution in [3.8, 4) is 29.5 Å². The first-order valence-corrected chi connectivity index (χ1v) is 9.15. The summed E-state index contributed by atoms with van der Waals surface area (Å²) in [6.07, 6.45) is 9.09. The number of fused-ring (bicyclic) bond motifs is 3. The minimum absolute atomic E-state index is 0.441. The third-order valence-corrected chi connectivity index (χ3v) is 5.14. The summed E-state index contributed by atoms with van der Waals surface area (Å²) < 4.78 is 7.61. The Labute approximate surface area is 167 Å². The van der Waals surface area contributed by atoms with Crippen molar-refractivity contribution in [3.05, 3.63) is 94.6 Å². The second-order valence-electron chi connectivity index (χ2n) is 6.41. The van der Waals surface area contributed by atoms with E-state index < -0.39 is 0 Å². The molecule has 3 heterocycles. The molecule has 0 spiro atoms. The van der Waals surface area contributed by atoms with E-state index >= 15 is 0 Å². The van der Waals surface area contributed by atoms with Gasteiger partial charge < -0.3 is 4.42 Å². The number of aromatic nitrogens is 2. The van der Waals surface area contributed by atoms with Crippen molar-refractivity contribution in [2.45, 2.75) is 6.54 Å². The van der Waals surface area contributed by atoms with Crippen molar-refractivity contribution in [1.29, 1.82) is 0 Å². The Kier molecular flexibility index (Phi) is 3.89. The summed E-state index contributed by atoms with van der Waals surface area (Å²) in [4.78, 5) is 9.49. The number of furan rings is 1. The Morgan fingerprint density at radius 2 is 1.96 bits per heavy atom. The lowest BCUT2D eigenvalue weighted by molar-refractivity contribution is 0.579. The van der Waals surface area contributed by atoms with E-state index in [4.69, 9.17) is 27.4 Å². The van der Waals surface area contributed by atoms with Crippen LogP contribution in [-0.4, -0.2) is 15.3 Å². The molecule has 0 atom stereocenters. The van der Waals surface area contributed by atoms with Crippen molar-refractivity contribution in [2.75, 3.05) is 0 Å². The fraction of sp³-hybridized carbons (Fsp3) is 0.0435. The maximum absolute atomic E-state index is 6.49. The summed E-state index contributed by atoms with van der Waals surface area (Å²) in [6, 6.07) is 17.3. The van der Waals surface area contributed by atoms with E-state index in [9.17, 15) is 0 Å². The maximum Gasteiger partial charge on any atom is 0.154 e. The van der Waals surface area contributed by atoms with E-state index in [1.54, 1.807) is 12.6 Å². The molecule has 0 aliphatic carbocycles. The van der Waals surface area contributed by atoms with Crippen LogP contribution in [0.3, 0.4) is 0 Å². The molecule has 0 fully saturated rings. The number of benzene rings is 2. The molecule has 4 aromatic rings. The van der Waals surface area contributed by atoms with Crippen LogP contribution in [0.5, 0.6) is 0 Å². The molecule has 1 aliphatic rings. The molecule has 134 valence electrons. The summed E-state index contributed by atoms with van der Waals surface area (Å²) >= 11 is 6.49. The molecule has 2 aromatic carbocycles. The first-order chi connectivity index (χ1) is 13.8. The highest BCUT2D eigenvalue weighted by Crippen LogP contribution is 2.32. The highest BCUT2D eigenvalue weighted by Gasteiger charge is 2.24. The van der Waals surface area contributed by atoms with Crippen molar-refractivity contribution in [1.82, 2.24) is 9.55 Å². The van der Waals surface area contributed by atoms with Gasteiger partial charge in [0.25, 0.3) is 0 Å². The predicted molar refractivity (Wildman–Crippen MR) is 110 cm³/mol. The average Bonchev–Trinajstić information content (AvgIpc) is 3.36. The van der Waals surface area contributed by atoms with Crippen molar-refractivity contribution >= 4 is 17.3 Å². The van der Waals surface area contributed by atoms with Crippen LogP contribution in [0.4, 0.5) is 0 Å². The largest absolute Gasteiger partial charge is 0.463 e. The Morgan fingerprint density at radius 3 is 2.75 bits per heavy atom. The molecule has 0 amide bonds. The normalized spacial score (nSPS) is 12.5. The molecule has 4 nitrogen and oxygen atoms in total. The van der Waals surface area contributed by atoms with Gasteiger partial charge in [0.2, 0.25) is 0 Å². The molecule has 0 radical (unpaired) electrons. The number of imidazole rings is 1. The topological polar surface area (TPSA) is 43.3 Å². The van der Waals surface area contributed by atoms with Crippen LogP contribution >= 0.6 is 11.6 Å². The van der Waals surface area contributed by atoms with E-state index in [1.165, 1.54) is 0 Å². The van der Waals surface area contributed by atoms with Gasteiger partial charge in [-0.3, -0.25) is 9.56 Å². The summed E-state index contributed by atoms with van der Waals surface area (Å²) in [5, 5.41) is 0.647. The predicted octanol–water partition coefficient (Wildman–Crippen LogP) is 5.12. The van der Waals surface area contributed by atoms with Crippen molar-refractivity contribution in [2.24, 2.45) is 4.99 Å². The fourth-order valence-corrected chi connectivity index (χ4v) is 3.72. The monoisotopic (exact) mass is 383 g/mol.